The maximum atomic E-state index is 2.42. The SMILES string of the molecule is c1ccc(-c2ccc(-c3ccccc3N(c3ccc(-c4cccc(-c5ccc6ccccc6c5)c4)cc3)c3ccc(-c4ccccc4-n4c5ccccc5c5ccccc54)cc3)cc2)cc1. The predicted octanol–water partition coefficient (Wildman–Crippen LogP) is 17.7. The maximum Gasteiger partial charge on any atom is 0.0541 e. The van der Waals surface area contributed by atoms with Gasteiger partial charge in [0.2, 0.25) is 0 Å². The molecule has 2 heteroatoms. The summed E-state index contributed by atoms with van der Waals surface area (Å²) in [6, 6.07) is 96.9. The van der Waals surface area contributed by atoms with E-state index >= 15 is 0 Å². The summed E-state index contributed by atoms with van der Waals surface area (Å²) < 4.78 is 2.42. The molecular formula is C64H44N2. The van der Waals surface area contributed by atoms with Gasteiger partial charge in [0.05, 0.1) is 22.4 Å². The summed E-state index contributed by atoms with van der Waals surface area (Å²) in [6.45, 7) is 0. The summed E-state index contributed by atoms with van der Waals surface area (Å²) >= 11 is 0. The van der Waals surface area contributed by atoms with Gasteiger partial charge in [0.25, 0.3) is 0 Å². The van der Waals surface area contributed by atoms with Crippen LogP contribution in [0.5, 0.6) is 0 Å². The molecule has 0 spiro atoms. The number of anilines is 3. The van der Waals surface area contributed by atoms with Gasteiger partial charge in [-0.15, -0.1) is 0 Å². The zero-order valence-electron chi connectivity index (χ0n) is 36.3. The third-order valence-corrected chi connectivity index (χ3v) is 13.0. The Balaban J connectivity index is 0.948. The number of fused-ring (bicyclic) bond motifs is 4. The van der Waals surface area contributed by atoms with Gasteiger partial charge < -0.3 is 9.47 Å². The second-order valence-corrected chi connectivity index (χ2v) is 16.9. The van der Waals surface area contributed by atoms with Crippen molar-refractivity contribution in [3.05, 3.63) is 267 Å². The molecule has 0 bridgehead atoms. The van der Waals surface area contributed by atoms with Crippen molar-refractivity contribution < 1.29 is 0 Å². The highest BCUT2D eigenvalue weighted by Gasteiger charge is 2.19. The molecule has 0 atom stereocenters. The molecule has 0 N–H and O–H groups in total. The third-order valence-electron chi connectivity index (χ3n) is 13.0. The molecule has 12 rings (SSSR count). The van der Waals surface area contributed by atoms with Crippen LogP contribution in [0.4, 0.5) is 17.1 Å². The van der Waals surface area contributed by atoms with Gasteiger partial charge in [-0.25, -0.2) is 0 Å². The van der Waals surface area contributed by atoms with Crippen molar-refractivity contribution in [2.75, 3.05) is 4.90 Å². The summed E-state index contributed by atoms with van der Waals surface area (Å²) in [5.74, 6) is 0. The lowest BCUT2D eigenvalue weighted by atomic mass is 9.96. The monoisotopic (exact) mass is 840 g/mol. The molecule has 310 valence electrons. The number of rotatable bonds is 9. The Hall–Kier alpha value is -8.72. The lowest BCUT2D eigenvalue weighted by molar-refractivity contribution is 1.18. The van der Waals surface area contributed by atoms with E-state index in [1.165, 1.54) is 71.5 Å². The van der Waals surface area contributed by atoms with Crippen LogP contribution in [0.3, 0.4) is 0 Å². The minimum absolute atomic E-state index is 1.08. The van der Waals surface area contributed by atoms with Crippen molar-refractivity contribution in [1.29, 1.82) is 0 Å². The van der Waals surface area contributed by atoms with Crippen LogP contribution >= 0.6 is 0 Å². The van der Waals surface area contributed by atoms with E-state index in [2.05, 4.69) is 276 Å². The summed E-state index contributed by atoms with van der Waals surface area (Å²) in [5, 5.41) is 5.01. The Kier molecular flexibility index (Phi) is 9.89. The van der Waals surface area contributed by atoms with Crippen molar-refractivity contribution in [2.24, 2.45) is 0 Å². The predicted molar refractivity (Wildman–Crippen MR) is 280 cm³/mol. The molecule has 0 radical (unpaired) electrons. The lowest BCUT2D eigenvalue weighted by Crippen LogP contribution is -2.11. The molecular weight excluding hydrogens is 797 g/mol. The first-order valence-electron chi connectivity index (χ1n) is 22.7. The minimum Gasteiger partial charge on any atom is -0.310 e. The molecule has 0 aliphatic carbocycles. The number of aromatic nitrogens is 1. The van der Waals surface area contributed by atoms with E-state index in [1.54, 1.807) is 0 Å². The first kappa shape index (κ1) is 38.9. The number of hydrogen-bond acceptors (Lipinski definition) is 1. The second kappa shape index (κ2) is 16.8. The van der Waals surface area contributed by atoms with Crippen molar-refractivity contribution >= 4 is 49.6 Å². The van der Waals surface area contributed by atoms with Gasteiger partial charge in [-0.3, -0.25) is 0 Å². The van der Waals surface area contributed by atoms with Crippen LogP contribution in [-0.4, -0.2) is 4.57 Å². The van der Waals surface area contributed by atoms with Crippen LogP contribution < -0.4 is 4.90 Å². The Morgan fingerprint density at radius 1 is 0.258 bits per heavy atom. The first-order chi connectivity index (χ1) is 32.7. The Morgan fingerprint density at radius 3 is 1.41 bits per heavy atom. The molecule has 11 aromatic carbocycles. The molecule has 0 saturated carbocycles. The summed E-state index contributed by atoms with van der Waals surface area (Å²) in [7, 11) is 0. The van der Waals surface area contributed by atoms with Gasteiger partial charge in [0, 0.05) is 33.3 Å². The average molecular weight is 841 g/mol. The molecule has 1 aromatic heterocycles. The minimum atomic E-state index is 1.08. The molecule has 0 aliphatic rings. The fourth-order valence-corrected chi connectivity index (χ4v) is 9.75. The average Bonchev–Trinajstić information content (AvgIpc) is 3.74. The largest absolute Gasteiger partial charge is 0.310 e. The molecule has 0 fully saturated rings. The first-order valence-corrected chi connectivity index (χ1v) is 22.7. The number of para-hydroxylation sites is 4. The van der Waals surface area contributed by atoms with E-state index < -0.39 is 0 Å². The summed E-state index contributed by atoms with van der Waals surface area (Å²) in [5.41, 5.74) is 18.7. The lowest BCUT2D eigenvalue weighted by Gasteiger charge is -2.28. The van der Waals surface area contributed by atoms with E-state index in [-0.39, 0.29) is 0 Å². The maximum absolute atomic E-state index is 2.42. The van der Waals surface area contributed by atoms with Gasteiger partial charge in [0.15, 0.2) is 0 Å². The van der Waals surface area contributed by atoms with Crippen LogP contribution in [0, 0.1) is 0 Å². The second-order valence-electron chi connectivity index (χ2n) is 16.9. The highest BCUT2D eigenvalue weighted by molar-refractivity contribution is 6.09. The fourth-order valence-electron chi connectivity index (χ4n) is 9.75. The van der Waals surface area contributed by atoms with Crippen LogP contribution in [-0.2, 0) is 0 Å². The van der Waals surface area contributed by atoms with E-state index in [0.717, 1.165) is 39.4 Å². The zero-order valence-corrected chi connectivity index (χ0v) is 36.3. The van der Waals surface area contributed by atoms with Crippen LogP contribution in [0.1, 0.15) is 0 Å². The van der Waals surface area contributed by atoms with Crippen LogP contribution in [0.2, 0.25) is 0 Å². The highest BCUT2D eigenvalue weighted by atomic mass is 15.1. The molecule has 1 heterocycles. The van der Waals surface area contributed by atoms with E-state index in [1.807, 2.05) is 0 Å². The number of nitrogens with zero attached hydrogens (tertiary/aromatic N) is 2. The fraction of sp³-hybridized carbons (Fsp3) is 0. The molecule has 12 aromatic rings. The Morgan fingerprint density at radius 2 is 0.697 bits per heavy atom. The molecule has 66 heavy (non-hydrogen) atoms. The molecule has 2 nitrogen and oxygen atoms in total. The number of benzene rings is 11. The van der Waals surface area contributed by atoms with Gasteiger partial charge >= 0.3 is 0 Å². The van der Waals surface area contributed by atoms with Crippen molar-refractivity contribution in [1.82, 2.24) is 4.57 Å². The van der Waals surface area contributed by atoms with Gasteiger partial charge in [-0.2, -0.15) is 0 Å². The van der Waals surface area contributed by atoms with Crippen molar-refractivity contribution in [3.8, 4) is 61.3 Å². The van der Waals surface area contributed by atoms with Crippen LogP contribution in [0.25, 0.3) is 93.9 Å². The highest BCUT2D eigenvalue weighted by Crippen LogP contribution is 2.43. The van der Waals surface area contributed by atoms with E-state index in [4.69, 9.17) is 0 Å². The summed E-state index contributed by atoms with van der Waals surface area (Å²) in [6.07, 6.45) is 0. The van der Waals surface area contributed by atoms with Gasteiger partial charge in [0.1, 0.15) is 0 Å². The smallest absolute Gasteiger partial charge is 0.0541 e. The molecule has 0 unspecified atom stereocenters. The Labute approximate surface area is 385 Å². The van der Waals surface area contributed by atoms with Crippen LogP contribution in [0.15, 0.2) is 267 Å². The van der Waals surface area contributed by atoms with E-state index in [9.17, 15) is 0 Å². The normalized spacial score (nSPS) is 11.3. The summed E-state index contributed by atoms with van der Waals surface area (Å²) in [4.78, 5) is 2.40. The quantitative estimate of drug-likeness (QED) is 0.141. The third kappa shape index (κ3) is 7.12. The topological polar surface area (TPSA) is 8.17 Å². The standard InChI is InChI=1S/C64H44N2/c1-2-15-45(16-3-1)47-29-32-49(33-30-47)57-21-6-10-25-61(57)65(55-39-35-48(36-40-55)52-19-14-20-53(43-52)54-34-31-46-17-4-5-18-51(46)44-54)56-41-37-50(38-42-56)58-22-7-11-26-62(58)66-63-27-12-8-23-59(63)60-24-9-13-28-64(60)66/h1-44H. The van der Waals surface area contributed by atoms with Crippen molar-refractivity contribution in [3.63, 3.8) is 0 Å². The van der Waals surface area contributed by atoms with E-state index in [0.29, 0.717) is 0 Å². The van der Waals surface area contributed by atoms with Gasteiger partial charge in [-0.1, -0.05) is 206 Å². The zero-order chi connectivity index (χ0) is 43.8. The van der Waals surface area contributed by atoms with Gasteiger partial charge in [-0.05, 0) is 116 Å². The molecule has 0 aliphatic heterocycles. The Bertz CT molecular complexity index is 3620. The number of hydrogen-bond donors (Lipinski definition) is 0. The molecule has 0 saturated heterocycles. The molecule has 0 amide bonds. The van der Waals surface area contributed by atoms with Crippen molar-refractivity contribution in [2.45, 2.75) is 0 Å².